The molecule has 226 valence electrons. The summed E-state index contributed by atoms with van der Waals surface area (Å²) in [6.45, 7) is 5.31. The first kappa shape index (κ1) is 30.9. The maximum absolute atomic E-state index is 13.0. The summed E-state index contributed by atoms with van der Waals surface area (Å²) in [6, 6.07) is 22.7. The number of amides is 4. The zero-order valence-electron chi connectivity index (χ0n) is 24.3. The van der Waals surface area contributed by atoms with Crippen LogP contribution in [0.1, 0.15) is 42.3 Å². The molecule has 1 aliphatic rings. The second-order valence-electron chi connectivity index (χ2n) is 10.8. The van der Waals surface area contributed by atoms with Gasteiger partial charge in [0.15, 0.2) is 0 Å². The Morgan fingerprint density at radius 2 is 1.51 bits per heavy atom. The van der Waals surface area contributed by atoms with Crippen molar-refractivity contribution in [3.8, 4) is 0 Å². The summed E-state index contributed by atoms with van der Waals surface area (Å²) in [6.07, 6.45) is 0.688. The van der Waals surface area contributed by atoms with E-state index in [-0.39, 0.29) is 31.5 Å². The van der Waals surface area contributed by atoms with Gasteiger partial charge in [0.25, 0.3) is 5.91 Å². The van der Waals surface area contributed by atoms with E-state index in [0.29, 0.717) is 23.4 Å². The van der Waals surface area contributed by atoms with E-state index in [0.717, 1.165) is 11.1 Å². The van der Waals surface area contributed by atoms with E-state index in [1.165, 1.54) is 11.2 Å². The van der Waals surface area contributed by atoms with Gasteiger partial charge in [-0.1, -0.05) is 54.6 Å². The van der Waals surface area contributed by atoms with Crippen LogP contribution in [0.3, 0.4) is 0 Å². The van der Waals surface area contributed by atoms with Crippen LogP contribution in [-0.2, 0) is 27.2 Å². The number of hydrogen-bond donors (Lipinski definition) is 4. The maximum atomic E-state index is 13.0. The number of aliphatic hydroxyl groups excluding tert-OH is 1. The minimum absolute atomic E-state index is 0.0804. The lowest BCUT2D eigenvalue weighted by molar-refractivity contribution is -0.0331. The van der Waals surface area contributed by atoms with Crippen molar-refractivity contribution in [3.63, 3.8) is 0 Å². The number of urea groups is 1. The Balaban J connectivity index is 1.32. The van der Waals surface area contributed by atoms with Gasteiger partial charge in [-0.2, -0.15) is 0 Å². The predicted molar refractivity (Wildman–Crippen MR) is 161 cm³/mol. The highest BCUT2D eigenvalue weighted by molar-refractivity contribution is 6.06. The molecule has 1 heterocycles. The quantitative estimate of drug-likeness (QED) is 0.255. The molecule has 1 unspecified atom stereocenters. The summed E-state index contributed by atoms with van der Waals surface area (Å²) in [7, 11) is 0. The molecule has 0 aliphatic carbocycles. The smallest absolute Gasteiger partial charge is 0.412 e. The Hall–Kier alpha value is -5.03. The molecule has 0 saturated heterocycles. The van der Waals surface area contributed by atoms with E-state index in [2.05, 4.69) is 16.0 Å². The first-order chi connectivity index (χ1) is 20.6. The Kier molecular flexibility index (Phi) is 10.2. The SMILES string of the molecule is CC(C)(C)OC(=O)Nc1ccccc1NC(=O)c1ccc(CN(CCO)C(=O)NC2=COC(Cc3ccccc3)O2)cc1. The average molecular weight is 589 g/mol. The molecule has 0 radical (unpaired) electrons. The molecule has 4 N–H and O–H groups in total. The molecule has 0 fully saturated rings. The van der Waals surface area contributed by atoms with Crippen molar-refractivity contribution < 1.29 is 33.7 Å². The fourth-order valence-electron chi connectivity index (χ4n) is 4.14. The fourth-order valence-corrected chi connectivity index (χ4v) is 4.14. The summed E-state index contributed by atoms with van der Waals surface area (Å²) in [5.74, 6) is -0.201. The molecule has 1 aliphatic heterocycles. The topological polar surface area (TPSA) is 138 Å². The molecule has 1 atom stereocenters. The van der Waals surface area contributed by atoms with Crippen molar-refractivity contribution >= 4 is 29.4 Å². The number of aliphatic hydroxyl groups is 1. The molecule has 0 aromatic heterocycles. The minimum Gasteiger partial charge on any atom is -0.457 e. The van der Waals surface area contributed by atoms with Crippen LogP contribution >= 0.6 is 0 Å². The molecule has 4 rings (SSSR count). The highest BCUT2D eigenvalue weighted by Gasteiger charge is 2.24. The predicted octanol–water partition coefficient (Wildman–Crippen LogP) is 5.20. The molecule has 4 amide bonds. The Morgan fingerprint density at radius 1 is 0.860 bits per heavy atom. The number of rotatable bonds is 10. The van der Waals surface area contributed by atoms with Crippen LogP contribution in [0, 0.1) is 0 Å². The van der Waals surface area contributed by atoms with Crippen LogP contribution in [0.25, 0.3) is 0 Å². The van der Waals surface area contributed by atoms with Gasteiger partial charge in [0.05, 0.1) is 18.0 Å². The molecule has 0 bridgehead atoms. The molecule has 11 heteroatoms. The number of benzene rings is 3. The number of nitrogens with one attached hydrogen (secondary N) is 3. The van der Waals surface area contributed by atoms with Crippen LogP contribution in [0.4, 0.5) is 21.0 Å². The van der Waals surface area contributed by atoms with Crippen LogP contribution in [-0.4, -0.2) is 53.1 Å². The fraction of sp³-hybridized carbons (Fsp3) is 0.281. The van der Waals surface area contributed by atoms with Crippen LogP contribution < -0.4 is 16.0 Å². The second kappa shape index (κ2) is 14.2. The van der Waals surface area contributed by atoms with Crippen molar-refractivity contribution in [2.24, 2.45) is 0 Å². The highest BCUT2D eigenvalue weighted by atomic mass is 16.7. The second-order valence-corrected chi connectivity index (χ2v) is 10.8. The highest BCUT2D eigenvalue weighted by Crippen LogP contribution is 2.23. The number of ether oxygens (including phenoxy) is 3. The third-order valence-corrected chi connectivity index (χ3v) is 6.12. The van der Waals surface area contributed by atoms with Crippen molar-refractivity contribution in [1.82, 2.24) is 10.2 Å². The Bertz CT molecular complexity index is 1440. The monoisotopic (exact) mass is 588 g/mol. The van der Waals surface area contributed by atoms with Crippen LogP contribution in [0.15, 0.2) is 91.0 Å². The normalized spacial score (nSPS) is 14.0. The van der Waals surface area contributed by atoms with Crippen molar-refractivity contribution in [1.29, 1.82) is 0 Å². The van der Waals surface area contributed by atoms with Crippen LogP contribution in [0.5, 0.6) is 0 Å². The van der Waals surface area contributed by atoms with Gasteiger partial charge < -0.3 is 29.5 Å². The van der Waals surface area contributed by atoms with Gasteiger partial charge in [-0.05, 0) is 56.2 Å². The maximum Gasteiger partial charge on any atom is 0.412 e. The van der Waals surface area contributed by atoms with E-state index in [4.69, 9.17) is 14.2 Å². The number of anilines is 2. The zero-order chi connectivity index (χ0) is 30.8. The van der Waals surface area contributed by atoms with Crippen LogP contribution in [0.2, 0.25) is 0 Å². The lowest BCUT2D eigenvalue weighted by Crippen LogP contribution is -2.41. The van der Waals surface area contributed by atoms with Gasteiger partial charge in [0.2, 0.25) is 12.2 Å². The first-order valence-electron chi connectivity index (χ1n) is 13.8. The zero-order valence-corrected chi connectivity index (χ0v) is 24.3. The van der Waals surface area contributed by atoms with E-state index in [1.807, 2.05) is 30.3 Å². The molecule has 0 spiro atoms. The molecular weight excluding hydrogens is 552 g/mol. The number of nitrogens with zero attached hydrogens (tertiary/aromatic N) is 1. The minimum atomic E-state index is -0.668. The summed E-state index contributed by atoms with van der Waals surface area (Å²) < 4.78 is 16.5. The Morgan fingerprint density at radius 3 is 2.16 bits per heavy atom. The van der Waals surface area contributed by atoms with Gasteiger partial charge >= 0.3 is 12.1 Å². The lowest BCUT2D eigenvalue weighted by atomic mass is 10.1. The van der Waals surface area contributed by atoms with E-state index in [9.17, 15) is 19.5 Å². The number of carbonyl (C=O) groups is 3. The first-order valence-corrected chi connectivity index (χ1v) is 13.8. The molecule has 3 aromatic carbocycles. The van der Waals surface area contributed by atoms with Crippen molar-refractivity contribution in [2.75, 3.05) is 23.8 Å². The molecule has 3 aromatic rings. The van der Waals surface area contributed by atoms with Crippen molar-refractivity contribution in [3.05, 3.63) is 108 Å². The molecule has 11 nitrogen and oxygen atoms in total. The Labute approximate surface area is 250 Å². The summed E-state index contributed by atoms with van der Waals surface area (Å²) in [4.78, 5) is 39.6. The summed E-state index contributed by atoms with van der Waals surface area (Å²) in [5, 5.41) is 17.7. The van der Waals surface area contributed by atoms with Crippen molar-refractivity contribution in [2.45, 2.75) is 45.6 Å². The van der Waals surface area contributed by atoms with Gasteiger partial charge in [-0.3, -0.25) is 15.4 Å². The van der Waals surface area contributed by atoms with Gasteiger partial charge in [0, 0.05) is 25.1 Å². The largest absolute Gasteiger partial charge is 0.457 e. The molecular formula is C32H36N4O7. The van der Waals surface area contributed by atoms with Gasteiger partial charge in [0.1, 0.15) is 11.9 Å². The number of carbonyl (C=O) groups excluding carboxylic acids is 3. The number of para-hydroxylation sites is 2. The third kappa shape index (κ3) is 9.50. The molecule has 43 heavy (non-hydrogen) atoms. The van der Waals surface area contributed by atoms with E-state index in [1.54, 1.807) is 69.3 Å². The number of hydrogen-bond acceptors (Lipinski definition) is 7. The third-order valence-electron chi connectivity index (χ3n) is 6.12. The summed E-state index contributed by atoms with van der Waals surface area (Å²) >= 11 is 0. The standard InChI is InChI=1S/C32H36N4O7/c1-32(2,3)43-31(40)34-26-12-8-7-11-25(26)33-29(38)24-15-13-23(14-16-24)20-36(17-18-37)30(39)35-27-21-41-28(42-27)19-22-9-5-4-6-10-22/h4-16,21,28,37H,17-20H2,1-3H3,(H,33,38)(H,34,40)(H,35,39). The van der Waals surface area contributed by atoms with E-state index < -0.39 is 24.0 Å². The van der Waals surface area contributed by atoms with Gasteiger partial charge in [-0.25, -0.2) is 9.59 Å². The van der Waals surface area contributed by atoms with Gasteiger partial charge in [-0.15, -0.1) is 0 Å². The lowest BCUT2D eigenvalue weighted by Gasteiger charge is -2.22. The molecule has 0 saturated carbocycles. The average Bonchev–Trinajstić information content (AvgIpc) is 3.40. The summed E-state index contributed by atoms with van der Waals surface area (Å²) in [5.41, 5.74) is 2.29. The van der Waals surface area contributed by atoms with E-state index >= 15 is 0 Å².